The molecule has 0 atom stereocenters. The van der Waals surface area contributed by atoms with Crippen molar-refractivity contribution in [3.8, 4) is 0 Å². The van der Waals surface area contributed by atoms with E-state index >= 15 is 0 Å². The number of benzene rings is 1. The van der Waals surface area contributed by atoms with E-state index in [1.165, 1.54) is 11.8 Å². The van der Waals surface area contributed by atoms with Gasteiger partial charge in [-0.3, -0.25) is 4.99 Å². The third-order valence-electron chi connectivity index (χ3n) is 3.94. The first-order valence-corrected chi connectivity index (χ1v) is 10.2. The summed E-state index contributed by atoms with van der Waals surface area (Å²) in [5, 5.41) is 6.97. The Balaban J connectivity index is 0.00000288. The van der Waals surface area contributed by atoms with Crippen LogP contribution in [0.25, 0.3) is 0 Å². The van der Waals surface area contributed by atoms with Gasteiger partial charge >= 0.3 is 0 Å². The topological polar surface area (TPSA) is 70.6 Å². The second-order valence-corrected chi connectivity index (χ2v) is 8.74. The molecular formula is C16H25ClIN3O2S. The number of halogens is 2. The zero-order valence-corrected chi connectivity index (χ0v) is 17.9. The fraction of sp³-hybridized carbons (Fsp3) is 0.562. The molecule has 0 bridgehead atoms. The molecule has 8 heteroatoms. The number of nitrogens with one attached hydrogen (secondary N) is 2. The van der Waals surface area contributed by atoms with Gasteiger partial charge in [0.2, 0.25) is 0 Å². The summed E-state index contributed by atoms with van der Waals surface area (Å²) in [7, 11) is -2.97. The first kappa shape index (κ1) is 21.5. The fourth-order valence-corrected chi connectivity index (χ4v) is 3.10. The van der Waals surface area contributed by atoms with Gasteiger partial charge in [-0.05, 0) is 37.5 Å². The highest BCUT2D eigenvalue weighted by atomic mass is 127. The maximum atomic E-state index is 11.2. The quantitative estimate of drug-likeness (QED) is 0.354. The number of sulfone groups is 1. The normalized spacial score (nSPS) is 16.2. The van der Waals surface area contributed by atoms with Crippen molar-refractivity contribution in [3.63, 3.8) is 0 Å². The van der Waals surface area contributed by atoms with Crippen LogP contribution in [-0.4, -0.2) is 46.0 Å². The van der Waals surface area contributed by atoms with Gasteiger partial charge < -0.3 is 10.6 Å². The molecule has 0 heterocycles. The molecule has 1 aromatic rings. The molecule has 0 saturated heterocycles. The zero-order valence-electron chi connectivity index (χ0n) is 14.0. The monoisotopic (exact) mass is 485 g/mol. The van der Waals surface area contributed by atoms with E-state index in [2.05, 4.69) is 21.7 Å². The van der Waals surface area contributed by atoms with E-state index in [1.807, 2.05) is 25.1 Å². The van der Waals surface area contributed by atoms with Crippen LogP contribution in [0.4, 0.5) is 0 Å². The molecule has 1 aromatic carbocycles. The second kappa shape index (κ2) is 9.24. The van der Waals surface area contributed by atoms with E-state index in [1.54, 1.807) is 0 Å². The van der Waals surface area contributed by atoms with Crippen LogP contribution in [0, 0.1) is 0 Å². The lowest BCUT2D eigenvalue weighted by molar-refractivity contribution is 0.600. The minimum absolute atomic E-state index is 0. The number of guanidine groups is 1. The van der Waals surface area contributed by atoms with E-state index in [0.717, 1.165) is 24.4 Å². The minimum atomic E-state index is -2.97. The van der Waals surface area contributed by atoms with Crippen molar-refractivity contribution in [2.24, 2.45) is 4.99 Å². The molecule has 0 aliphatic heterocycles. The van der Waals surface area contributed by atoms with E-state index in [4.69, 9.17) is 11.6 Å². The SMILES string of the molecule is CCNC(=NCC1(c2cccc(Cl)c2)CC1)NCCS(C)(=O)=O.I. The van der Waals surface area contributed by atoms with Gasteiger partial charge in [-0.15, -0.1) is 24.0 Å². The summed E-state index contributed by atoms with van der Waals surface area (Å²) in [5.74, 6) is 0.751. The van der Waals surface area contributed by atoms with Crippen LogP contribution in [0.1, 0.15) is 25.3 Å². The fourth-order valence-electron chi connectivity index (χ4n) is 2.43. The molecule has 0 unspecified atom stereocenters. The highest BCUT2D eigenvalue weighted by Gasteiger charge is 2.44. The third-order valence-corrected chi connectivity index (χ3v) is 5.12. The Kier molecular flexibility index (Phi) is 8.28. The van der Waals surface area contributed by atoms with Crippen LogP contribution >= 0.6 is 35.6 Å². The summed E-state index contributed by atoms with van der Waals surface area (Å²) in [4.78, 5) is 4.63. The van der Waals surface area contributed by atoms with Crippen molar-refractivity contribution in [1.29, 1.82) is 0 Å². The van der Waals surface area contributed by atoms with Crippen LogP contribution in [0.3, 0.4) is 0 Å². The van der Waals surface area contributed by atoms with E-state index < -0.39 is 9.84 Å². The van der Waals surface area contributed by atoms with Gasteiger partial charge in [0.25, 0.3) is 0 Å². The molecule has 0 aromatic heterocycles. The van der Waals surface area contributed by atoms with Crippen molar-refractivity contribution in [3.05, 3.63) is 34.9 Å². The van der Waals surface area contributed by atoms with Crippen LogP contribution in [0.2, 0.25) is 5.02 Å². The first-order valence-electron chi connectivity index (χ1n) is 7.81. The van der Waals surface area contributed by atoms with Crippen LogP contribution < -0.4 is 10.6 Å². The second-order valence-electron chi connectivity index (χ2n) is 6.04. The molecule has 0 spiro atoms. The highest BCUT2D eigenvalue weighted by Crippen LogP contribution is 2.48. The summed E-state index contributed by atoms with van der Waals surface area (Å²) >= 11 is 6.08. The molecule has 1 saturated carbocycles. The molecule has 5 nitrogen and oxygen atoms in total. The van der Waals surface area contributed by atoms with Crippen LogP contribution in [-0.2, 0) is 15.3 Å². The van der Waals surface area contributed by atoms with Crippen molar-refractivity contribution in [1.82, 2.24) is 10.6 Å². The maximum absolute atomic E-state index is 11.2. The third kappa shape index (κ3) is 6.76. The molecule has 24 heavy (non-hydrogen) atoms. The van der Waals surface area contributed by atoms with Crippen molar-refractivity contribution >= 4 is 51.4 Å². The Labute approximate surface area is 166 Å². The molecule has 2 rings (SSSR count). The Morgan fingerprint density at radius 1 is 1.33 bits per heavy atom. The van der Waals surface area contributed by atoms with Gasteiger partial charge in [-0.2, -0.15) is 0 Å². The van der Waals surface area contributed by atoms with Gasteiger partial charge in [0.15, 0.2) is 5.96 Å². The largest absolute Gasteiger partial charge is 0.357 e. The van der Waals surface area contributed by atoms with Crippen LogP contribution in [0.5, 0.6) is 0 Å². The lowest BCUT2D eigenvalue weighted by Gasteiger charge is -2.16. The Morgan fingerprint density at radius 3 is 2.58 bits per heavy atom. The standard InChI is InChI=1S/C16H24ClN3O2S.HI/c1-3-18-15(19-9-10-23(2,21)22)20-12-16(7-8-16)13-5-4-6-14(17)11-13;/h4-6,11H,3,7-10,12H2,1-2H3,(H2,18,19,20);1H. The lowest BCUT2D eigenvalue weighted by Crippen LogP contribution is -2.40. The number of hydrogen-bond donors (Lipinski definition) is 2. The summed E-state index contributed by atoms with van der Waals surface area (Å²) in [6, 6.07) is 7.95. The number of nitrogens with zero attached hydrogens (tertiary/aromatic N) is 1. The average Bonchev–Trinajstić information content (AvgIpc) is 3.25. The molecule has 1 aliphatic carbocycles. The predicted molar refractivity (Wildman–Crippen MR) is 111 cm³/mol. The van der Waals surface area contributed by atoms with Crippen molar-refractivity contribution in [2.45, 2.75) is 25.2 Å². The van der Waals surface area contributed by atoms with Gasteiger partial charge in [-0.25, -0.2) is 8.42 Å². The molecule has 1 aliphatic rings. The highest BCUT2D eigenvalue weighted by molar-refractivity contribution is 14.0. The molecule has 2 N–H and O–H groups in total. The molecule has 1 fully saturated rings. The first-order chi connectivity index (χ1) is 10.8. The molecular weight excluding hydrogens is 461 g/mol. The number of rotatable bonds is 7. The van der Waals surface area contributed by atoms with Gasteiger partial charge in [0, 0.05) is 29.8 Å². The lowest BCUT2D eigenvalue weighted by atomic mass is 9.96. The molecule has 0 amide bonds. The van der Waals surface area contributed by atoms with E-state index in [9.17, 15) is 8.42 Å². The Hall–Kier alpha value is -0.540. The average molecular weight is 486 g/mol. The number of hydrogen-bond acceptors (Lipinski definition) is 3. The Bertz CT molecular complexity index is 676. The summed E-state index contributed by atoms with van der Waals surface area (Å²) in [5.41, 5.74) is 1.30. The molecule has 0 radical (unpaired) electrons. The maximum Gasteiger partial charge on any atom is 0.191 e. The van der Waals surface area contributed by atoms with Gasteiger partial charge in [0.1, 0.15) is 9.84 Å². The van der Waals surface area contributed by atoms with Gasteiger partial charge in [0.05, 0.1) is 12.3 Å². The van der Waals surface area contributed by atoms with Crippen molar-refractivity contribution < 1.29 is 8.42 Å². The Morgan fingerprint density at radius 2 is 2.04 bits per heavy atom. The van der Waals surface area contributed by atoms with Crippen LogP contribution in [0.15, 0.2) is 29.3 Å². The summed E-state index contributed by atoms with van der Waals surface area (Å²) < 4.78 is 22.4. The summed E-state index contributed by atoms with van der Waals surface area (Å²) in [6.07, 6.45) is 3.43. The predicted octanol–water partition coefficient (Wildman–Crippen LogP) is 2.59. The van der Waals surface area contributed by atoms with E-state index in [0.29, 0.717) is 19.0 Å². The number of aliphatic imine (C=N–C) groups is 1. The van der Waals surface area contributed by atoms with Gasteiger partial charge in [-0.1, -0.05) is 23.7 Å². The van der Waals surface area contributed by atoms with Crippen molar-refractivity contribution in [2.75, 3.05) is 31.6 Å². The zero-order chi connectivity index (χ0) is 16.9. The van der Waals surface area contributed by atoms with E-state index in [-0.39, 0.29) is 35.1 Å². The minimum Gasteiger partial charge on any atom is -0.357 e. The summed E-state index contributed by atoms with van der Waals surface area (Å²) in [6.45, 7) is 3.74. The molecule has 136 valence electrons. The smallest absolute Gasteiger partial charge is 0.191 e.